The van der Waals surface area contributed by atoms with Crippen LogP contribution in [-0.4, -0.2) is 40.6 Å². The first-order valence-electron chi connectivity index (χ1n) is 12.1. The molecule has 1 atom stereocenters. The van der Waals surface area contributed by atoms with Gasteiger partial charge in [-0.15, -0.1) is 0 Å². The van der Waals surface area contributed by atoms with Gasteiger partial charge in [0.05, 0.1) is 33.9 Å². The molecule has 200 valence electrons. The van der Waals surface area contributed by atoms with Gasteiger partial charge in [-0.05, 0) is 42.5 Å². The van der Waals surface area contributed by atoms with Crippen LogP contribution in [0.15, 0.2) is 66.5 Å². The molecule has 1 unspecified atom stereocenters. The summed E-state index contributed by atoms with van der Waals surface area (Å²) in [6.45, 7) is 1.17. The highest BCUT2D eigenvalue weighted by Crippen LogP contribution is 2.40. The lowest BCUT2D eigenvalue weighted by Gasteiger charge is -2.18. The fourth-order valence-electron chi connectivity index (χ4n) is 4.60. The highest BCUT2D eigenvalue weighted by molar-refractivity contribution is 7.85. The van der Waals surface area contributed by atoms with E-state index in [1.54, 1.807) is 11.3 Å². The molecule has 3 aromatic carbocycles. The van der Waals surface area contributed by atoms with Crippen LogP contribution >= 0.6 is 11.3 Å². The number of rotatable bonds is 11. The summed E-state index contributed by atoms with van der Waals surface area (Å²) in [5, 5.41) is 3.14. The van der Waals surface area contributed by atoms with Crippen LogP contribution in [0.1, 0.15) is 24.3 Å². The monoisotopic (exact) mass is 574 g/mol. The number of ether oxygens (including phenoxy) is 1. The summed E-state index contributed by atoms with van der Waals surface area (Å²) in [4.78, 5) is 2.00. The molecule has 0 fully saturated rings. The smallest absolute Gasteiger partial charge is 0.301 e. The zero-order valence-corrected chi connectivity index (χ0v) is 22.8. The van der Waals surface area contributed by atoms with Crippen molar-refractivity contribution in [3.63, 3.8) is 0 Å². The van der Waals surface area contributed by atoms with Gasteiger partial charge in [0.1, 0.15) is 4.70 Å². The maximum absolute atomic E-state index is 11.0. The van der Waals surface area contributed by atoms with Crippen molar-refractivity contribution in [2.45, 2.75) is 25.8 Å². The number of para-hydroxylation sites is 2. The molecule has 5 rings (SSSR count). The van der Waals surface area contributed by atoms with E-state index >= 15 is 0 Å². The number of aromatic nitrogens is 1. The molecule has 1 aliphatic rings. The van der Waals surface area contributed by atoms with Crippen molar-refractivity contribution < 1.29 is 35.2 Å². The zero-order valence-electron chi connectivity index (χ0n) is 20.3. The predicted molar refractivity (Wildman–Crippen MR) is 147 cm³/mol. The third-order valence-corrected chi connectivity index (χ3v) is 8.49. The molecule has 0 saturated carbocycles. The summed E-state index contributed by atoms with van der Waals surface area (Å²) in [5.74, 6) is 0.910. The van der Waals surface area contributed by atoms with E-state index in [0.29, 0.717) is 37.6 Å². The molecule has 2 heterocycles. The first-order chi connectivity index (χ1) is 18.3. The largest absolute Gasteiger partial charge is 0.748 e. The van der Waals surface area contributed by atoms with E-state index in [-0.39, 0.29) is 13.0 Å². The van der Waals surface area contributed by atoms with Gasteiger partial charge >= 0.3 is 11.4 Å². The van der Waals surface area contributed by atoms with Crippen molar-refractivity contribution in [2.75, 3.05) is 23.8 Å². The van der Waals surface area contributed by atoms with Crippen LogP contribution in [0, 0.1) is 0 Å². The highest BCUT2D eigenvalue weighted by atomic mass is 32.2. The Morgan fingerprint density at radius 2 is 1.87 bits per heavy atom. The second-order valence-electron chi connectivity index (χ2n) is 8.79. The normalized spacial score (nSPS) is 15.3. The Kier molecular flexibility index (Phi) is 8.07. The molecular formula is C26H26N2O7S3. The Labute approximate surface area is 227 Å². The van der Waals surface area contributed by atoms with Crippen LogP contribution in [0.5, 0.6) is 5.75 Å². The minimum atomic E-state index is -4.26. The molecule has 12 heteroatoms. The molecule has 0 bridgehead atoms. The van der Waals surface area contributed by atoms with Gasteiger partial charge < -0.3 is 14.2 Å². The quantitative estimate of drug-likeness (QED) is 0.121. The third kappa shape index (κ3) is 6.06. The van der Waals surface area contributed by atoms with E-state index in [2.05, 4.69) is 28.8 Å². The van der Waals surface area contributed by atoms with Gasteiger partial charge in [-0.3, -0.25) is 8.74 Å². The number of nitrogens with zero attached hydrogens (tertiary/aromatic N) is 2. The molecule has 1 aromatic heterocycles. The molecule has 0 spiro atoms. The van der Waals surface area contributed by atoms with E-state index in [1.807, 2.05) is 47.4 Å². The van der Waals surface area contributed by atoms with Crippen LogP contribution in [-0.2, 0) is 32.2 Å². The Bertz CT molecular complexity index is 1630. The molecule has 9 nitrogen and oxygen atoms in total. The summed E-state index contributed by atoms with van der Waals surface area (Å²) in [7, 11) is -4.26. The summed E-state index contributed by atoms with van der Waals surface area (Å²) in [5.41, 5.74) is 1.94. The van der Waals surface area contributed by atoms with Crippen molar-refractivity contribution in [2.24, 2.45) is 0 Å². The lowest BCUT2D eigenvalue weighted by molar-refractivity contribution is -0.668. The maximum Gasteiger partial charge on any atom is 0.301 e. The number of thiazole rings is 1. The molecule has 0 radical (unpaired) electrons. The third-order valence-electron chi connectivity index (χ3n) is 6.23. The van der Waals surface area contributed by atoms with Gasteiger partial charge in [0, 0.05) is 18.7 Å². The molecule has 4 aromatic rings. The Morgan fingerprint density at radius 3 is 2.68 bits per heavy atom. The van der Waals surface area contributed by atoms with Crippen molar-refractivity contribution in [3.8, 4) is 5.75 Å². The van der Waals surface area contributed by atoms with Gasteiger partial charge in [-0.25, -0.2) is 8.42 Å². The van der Waals surface area contributed by atoms with Crippen LogP contribution in [0.2, 0.25) is 0 Å². The van der Waals surface area contributed by atoms with Crippen molar-refractivity contribution in [1.29, 1.82) is 0 Å². The van der Waals surface area contributed by atoms with Crippen LogP contribution in [0.25, 0.3) is 27.1 Å². The van der Waals surface area contributed by atoms with Crippen molar-refractivity contribution in [3.05, 3.63) is 71.6 Å². The maximum atomic E-state index is 11.0. The average molecular weight is 575 g/mol. The van der Waals surface area contributed by atoms with E-state index in [0.717, 1.165) is 31.7 Å². The van der Waals surface area contributed by atoms with Gasteiger partial charge in [0.15, 0.2) is 12.3 Å². The Balaban J connectivity index is 1.52. The second-order valence-corrected chi connectivity index (χ2v) is 12.0. The number of hydrogen-bond acceptors (Lipinski definition) is 8. The van der Waals surface area contributed by atoms with Gasteiger partial charge in [-0.1, -0.05) is 47.7 Å². The lowest BCUT2D eigenvalue weighted by atomic mass is 10.1. The SMILES string of the molecule is O=S(O)OCCC[n+]1c(C=C2Oc3ccccc3N2CCCCS(=O)(=O)[O-])sc2ccc3ccccc3c21. The molecular weight excluding hydrogens is 548 g/mol. The number of benzene rings is 3. The molecule has 1 aliphatic heterocycles. The summed E-state index contributed by atoms with van der Waals surface area (Å²) in [6.07, 6.45) is 3.26. The molecule has 0 saturated heterocycles. The fourth-order valence-corrected chi connectivity index (χ4v) is 6.55. The van der Waals surface area contributed by atoms with Gasteiger partial charge in [0.25, 0.3) is 5.01 Å². The molecule has 38 heavy (non-hydrogen) atoms. The van der Waals surface area contributed by atoms with Gasteiger partial charge in [-0.2, -0.15) is 8.78 Å². The second kappa shape index (κ2) is 11.5. The molecule has 1 N–H and O–H groups in total. The molecule has 0 amide bonds. The first kappa shape index (κ1) is 26.7. The van der Waals surface area contributed by atoms with Crippen LogP contribution in [0.3, 0.4) is 0 Å². The summed E-state index contributed by atoms with van der Waals surface area (Å²) in [6, 6.07) is 19.9. The van der Waals surface area contributed by atoms with Crippen molar-refractivity contribution in [1.82, 2.24) is 0 Å². The van der Waals surface area contributed by atoms with E-state index in [1.165, 1.54) is 0 Å². The summed E-state index contributed by atoms with van der Waals surface area (Å²) >= 11 is -0.701. The van der Waals surface area contributed by atoms with Crippen LogP contribution in [0.4, 0.5) is 5.69 Å². The van der Waals surface area contributed by atoms with E-state index in [4.69, 9.17) is 13.5 Å². The minimum Gasteiger partial charge on any atom is -0.748 e. The predicted octanol–water partition coefficient (Wildman–Crippen LogP) is 4.41. The zero-order chi connectivity index (χ0) is 26.7. The number of anilines is 1. The van der Waals surface area contributed by atoms with E-state index in [9.17, 15) is 17.2 Å². The lowest BCUT2D eigenvalue weighted by Crippen LogP contribution is -2.36. The number of hydrogen-bond donors (Lipinski definition) is 1. The topological polar surface area (TPSA) is 120 Å². The van der Waals surface area contributed by atoms with E-state index < -0.39 is 27.2 Å². The highest BCUT2D eigenvalue weighted by Gasteiger charge is 2.29. The minimum absolute atomic E-state index is 0.130. The number of fused-ring (bicyclic) bond motifs is 4. The van der Waals surface area contributed by atoms with Crippen LogP contribution < -0.4 is 14.2 Å². The summed E-state index contributed by atoms with van der Waals surface area (Å²) < 4.78 is 67.4. The average Bonchev–Trinajstić information content (AvgIpc) is 3.41. The fraction of sp³-hybridized carbons (Fsp3) is 0.269. The standard InChI is InChI=1S/C26H26N2O7S3/c29-37(30)34-16-7-15-28-25(36-23-13-12-19-8-1-2-9-20(19)26(23)28)18-24-27(14-5-6-17-38(31,32)33)21-10-3-4-11-22(21)35-24/h1-4,8-13,18H,5-7,14-17H2,(H-,29,30,31,32,33). The number of aryl methyl sites for hydroxylation is 1. The molecule has 0 aliphatic carbocycles. The Morgan fingerprint density at radius 1 is 1.08 bits per heavy atom. The van der Waals surface area contributed by atoms with Gasteiger partial charge in [0.2, 0.25) is 11.4 Å². The number of unbranched alkanes of at least 4 members (excludes halogenated alkanes) is 1. The Hall–Kier alpha value is -2.87. The first-order valence-corrected chi connectivity index (χ1v) is 15.5. The van der Waals surface area contributed by atoms with Crippen molar-refractivity contribution >= 4 is 65.6 Å².